The number of methoxy groups -OCH3 is 1. The summed E-state index contributed by atoms with van der Waals surface area (Å²) >= 11 is 0. The molecule has 1 aliphatic rings. The van der Waals surface area contributed by atoms with Crippen molar-refractivity contribution in [3.05, 3.63) is 29.2 Å². The van der Waals surface area contributed by atoms with E-state index in [9.17, 15) is 8.42 Å². The summed E-state index contributed by atoms with van der Waals surface area (Å²) in [5.41, 5.74) is 1.27. The highest BCUT2D eigenvalue weighted by molar-refractivity contribution is 7.95. The topological polar surface area (TPSA) is 63.6 Å². The van der Waals surface area contributed by atoms with E-state index in [1.165, 1.54) is 18.6 Å². The summed E-state index contributed by atoms with van der Waals surface area (Å²) in [6, 6.07) is 4.83. The van der Waals surface area contributed by atoms with Gasteiger partial charge in [0.05, 0.1) is 12.0 Å². The summed E-state index contributed by atoms with van der Waals surface area (Å²) in [7, 11) is -1.80. The smallest absolute Gasteiger partial charge is 0.200 e. The molecule has 0 amide bonds. The van der Waals surface area contributed by atoms with Crippen LogP contribution in [0.1, 0.15) is 12.0 Å². The summed E-state index contributed by atoms with van der Waals surface area (Å²) in [6.07, 6.45) is 0.333. The van der Waals surface area contributed by atoms with Crippen molar-refractivity contribution in [3.63, 3.8) is 0 Å². The molecule has 1 aromatic rings. The predicted molar refractivity (Wildman–Crippen MR) is 59.9 cm³/mol. The summed E-state index contributed by atoms with van der Waals surface area (Å²) in [5, 5.41) is 10.1. The van der Waals surface area contributed by atoms with Gasteiger partial charge in [-0.3, -0.25) is 0 Å². The van der Waals surface area contributed by atoms with E-state index in [1.54, 1.807) is 12.1 Å². The standard InChI is InChI=1S/C11H12O4S/c1-15-9-2-3-11-10(6-9)8(4-5-12)7-16(11,13)14/h2-3,6-7,12H,4-5H2,1H3. The molecule has 0 spiro atoms. The Balaban J connectivity index is 2.58. The number of benzene rings is 1. The van der Waals surface area contributed by atoms with E-state index >= 15 is 0 Å². The summed E-state index contributed by atoms with van der Waals surface area (Å²) in [4.78, 5) is 0.289. The molecule has 1 aliphatic heterocycles. The lowest BCUT2D eigenvalue weighted by Gasteiger charge is -2.05. The molecular formula is C11H12O4S. The fraction of sp³-hybridized carbons (Fsp3) is 0.273. The molecule has 0 saturated heterocycles. The number of aliphatic hydroxyl groups is 1. The molecule has 16 heavy (non-hydrogen) atoms. The Labute approximate surface area is 94.1 Å². The molecule has 5 heteroatoms. The molecule has 2 rings (SSSR count). The normalized spacial score (nSPS) is 16.8. The van der Waals surface area contributed by atoms with Crippen LogP contribution in [0.3, 0.4) is 0 Å². The van der Waals surface area contributed by atoms with Gasteiger partial charge in [0.1, 0.15) is 5.75 Å². The van der Waals surface area contributed by atoms with Crippen molar-refractivity contribution in [2.24, 2.45) is 0 Å². The third-order valence-corrected chi connectivity index (χ3v) is 4.08. The van der Waals surface area contributed by atoms with E-state index in [4.69, 9.17) is 9.84 Å². The van der Waals surface area contributed by atoms with Crippen molar-refractivity contribution in [2.45, 2.75) is 11.3 Å². The van der Waals surface area contributed by atoms with Crippen molar-refractivity contribution in [1.82, 2.24) is 0 Å². The molecule has 0 atom stereocenters. The van der Waals surface area contributed by atoms with E-state index in [0.717, 1.165) is 0 Å². The lowest BCUT2D eigenvalue weighted by molar-refractivity contribution is 0.305. The average molecular weight is 240 g/mol. The van der Waals surface area contributed by atoms with Crippen molar-refractivity contribution in [1.29, 1.82) is 0 Å². The van der Waals surface area contributed by atoms with Gasteiger partial charge in [-0.05, 0) is 30.2 Å². The zero-order valence-electron chi connectivity index (χ0n) is 8.80. The highest BCUT2D eigenvalue weighted by Crippen LogP contribution is 2.37. The molecule has 0 aromatic heterocycles. The molecule has 4 nitrogen and oxygen atoms in total. The number of hydrogen-bond acceptors (Lipinski definition) is 4. The number of aliphatic hydroxyl groups excluding tert-OH is 1. The van der Waals surface area contributed by atoms with Gasteiger partial charge in [0.25, 0.3) is 0 Å². The van der Waals surface area contributed by atoms with Crippen LogP contribution in [0.15, 0.2) is 28.5 Å². The molecule has 86 valence electrons. The molecule has 0 saturated carbocycles. The fourth-order valence-electron chi connectivity index (χ4n) is 1.76. The highest BCUT2D eigenvalue weighted by atomic mass is 32.2. The Kier molecular flexibility index (Phi) is 2.73. The number of fused-ring (bicyclic) bond motifs is 1. The van der Waals surface area contributed by atoms with Crippen LogP contribution in [-0.2, 0) is 9.84 Å². The minimum Gasteiger partial charge on any atom is -0.497 e. The van der Waals surface area contributed by atoms with Crippen LogP contribution in [0.5, 0.6) is 5.75 Å². The first kappa shape index (κ1) is 11.2. The molecule has 0 radical (unpaired) electrons. The predicted octanol–water partition coefficient (Wildman–Crippen LogP) is 1.21. The van der Waals surface area contributed by atoms with Crippen LogP contribution in [-0.4, -0.2) is 27.2 Å². The molecular weight excluding hydrogens is 228 g/mol. The molecule has 1 aromatic carbocycles. The van der Waals surface area contributed by atoms with Crippen molar-refractivity contribution in [3.8, 4) is 5.75 Å². The molecule has 0 unspecified atom stereocenters. The Morgan fingerprint density at radius 3 is 2.75 bits per heavy atom. The van der Waals surface area contributed by atoms with Gasteiger partial charge in [-0.15, -0.1) is 0 Å². The average Bonchev–Trinajstić information content (AvgIpc) is 2.51. The van der Waals surface area contributed by atoms with Crippen molar-refractivity contribution < 1.29 is 18.3 Å². The fourth-order valence-corrected chi connectivity index (χ4v) is 3.26. The van der Waals surface area contributed by atoms with E-state index in [2.05, 4.69) is 0 Å². The van der Waals surface area contributed by atoms with Crippen LogP contribution < -0.4 is 4.74 Å². The largest absolute Gasteiger partial charge is 0.497 e. The Bertz CT molecular complexity index is 543. The second kappa shape index (κ2) is 3.92. The highest BCUT2D eigenvalue weighted by Gasteiger charge is 2.26. The van der Waals surface area contributed by atoms with E-state index < -0.39 is 9.84 Å². The zero-order chi connectivity index (χ0) is 11.8. The van der Waals surface area contributed by atoms with Gasteiger partial charge in [-0.2, -0.15) is 0 Å². The lowest BCUT2D eigenvalue weighted by atomic mass is 10.1. The first-order valence-electron chi connectivity index (χ1n) is 4.83. The van der Waals surface area contributed by atoms with E-state index in [1.807, 2.05) is 0 Å². The van der Waals surface area contributed by atoms with Gasteiger partial charge in [-0.25, -0.2) is 8.42 Å². The molecule has 0 fully saturated rings. The Morgan fingerprint density at radius 2 is 2.12 bits per heavy atom. The quantitative estimate of drug-likeness (QED) is 0.862. The summed E-state index contributed by atoms with van der Waals surface area (Å²) in [6.45, 7) is -0.0714. The third-order valence-electron chi connectivity index (χ3n) is 2.52. The van der Waals surface area contributed by atoms with Crippen molar-refractivity contribution in [2.75, 3.05) is 13.7 Å². The monoisotopic (exact) mass is 240 g/mol. The molecule has 1 heterocycles. The number of rotatable bonds is 3. The second-order valence-corrected chi connectivity index (χ2v) is 5.29. The molecule has 0 bridgehead atoms. The SMILES string of the molecule is COc1ccc2c(c1)C(CCO)=CS2(=O)=O. The lowest BCUT2D eigenvalue weighted by Crippen LogP contribution is -1.94. The van der Waals surface area contributed by atoms with E-state index in [-0.39, 0.29) is 11.5 Å². The van der Waals surface area contributed by atoms with E-state index in [0.29, 0.717) is 23.3 Å². The van der Waals surface area contributed by atoms with Crippen LogP contribution in [0.4, 0.5) is 0 Å². The molecule has 1 N–H and O–H groups in total. The summed E-state index contributed by atoms with van der Waals surface area (Å²) < 4.78 is 28.5. The van der Waals surface area contributed by atoms with Gasteiger partial charge in [0, 0.05) is 17.6 Å². The van der Waals surface area contributed by atoms with Crippen LogP contribution in [0.2, 0.25) is 0 Å². The van der Waals surface area contributed by atoms with Crippen LogP contribution in [0.25, 0.3) is 5.57 Å². The van der Waals surface area contributed by atoms with Gasteiger partial charge in [0.2, 0.25) is 9.84 Å². The number of ether oxygens (including phenoxy) is 1. The van der Waals surface area contributed by atoms with Crippen LogP contribution in [0, 0.1) is 0 Å². The number of sulfone groups is 1. The molecule has 0 aliphatic carbocycles. The van der Waals surface area contributed by atoms with Gasteiger partial charge < -0.3 is 9.84 Å². The maximum absolute atomic E-state index is 11.7. The van der Waals surface area contributed by atoms with Gasteiger partial charge in [0.15, 0.2) is 0 Å². The van der Waals surface area contributed by atoms with Gasteiger partial charge >= 0.3 is 0 Å². The minimum atomic E-state index is -3.33. The van der Waals surface area contributed by atoms with Crippen molar-refractivity contribution >= 4 is 15.4 Å². The Morgan fingerprint density at radius 1 is 1.38 bits per heavy atom. The Hall–Kier alpha value is -1.33. The minimum absolute atomic E-state index is 0.0714. The second-order valence-electron chi connectivity index (χ2n) is 3.52. The first-order chi connectivity index (χ1) is 7.58. The van der Waals surface area contributed by atoms with Gasteiger partial charge in [-0.1, -0.05) is 0 Å². The van der Waals surface area contributed by atoms with Crippen LogP contribution >= 0.6 is 0 Å². The maximum atomic E-state index is 11.7. The summed E-state index contributed by atoms with van der Waals surface area (Å²) in [5.74, 6) is 0.611. The third kappa shape index (κ3) is 1.72. The number of hydrogen-bond donors (Lipinski definition) is 1. The maximum Gasteiger partial charge on any atom is 0.200 e. The first-order valence-corrected chi connectivity index (χ1v) is 6.38. The zero-order valence-corrected chi connectivity index (χ0v) is 9.62.